The van der Waals surface area contributed by atoms with E-state index < -0.39 is 17.8 Å². The predicted octanol–water partition coefficient (Wildman–Crippen LogP) is 4.79. The number of carbonyl (C=O) groups excluding carboxylic acids is 2. The lowest BCUT2D eigenvalue weighted by Crippen LogP contribution is -2.40. The van der Waals surface area contributed by atoms with Gasteiger partial charge in [-0.1, -0.05) is 6.07 Å². The maximum Gasteiger partial charge on any atom is 0.435 e. The van der Waals surface area contributed by atoms with Gasteiger partial charge in [-0.25, -0.2) is 4.98 Å². The quantitative estimate of drug-likeness (QED) is 0.458. The number of para-hydroxylation sites is 1. The molecule has 13 heteroatoms. The highest BCUT2D eigenvalue weighted by Crippen LogP contribution is 2.33. The van der Waals surface area contributed by atoms with Crippen LogP contribution in [0.15, 0.2) is 34.1 Å². The van der Waals surface area contributed by atoms with Crippen LogP contribution < -0.4 is 5.32 Å². The molecule has 0 atom stereocenters. The van der Waals surface area contributed by atoms with Gasteiger partial charge in [-0.15, -0.1) is 11.3 Å². The lowest BCUT2D eigenvalue weighted by atomic mass is 9.97. The summed E-state index contributed by atoms with van der Waals surface area (Å²) in [6, 6.07) is 5.70. The number of alkyl halides is 3. The number of piperidine rings is 1. The van der Waals surface area contributed by atoms with Crippen molar-refractivity contribution in [1.82, 2.24) is 19.7 Å². The molecule has 4 rings (SSSR count). The lowest BCUT2D eigenvalue weighted by molar-refractivity contribution is -0.142. The number of anilines is 1. The molecule has 0 spiro atoms. The van der Waals surface area contributed by atoms with Gasteiger partial charge >= 0.3 is 6.18 Å². The standard InChI is InChI=1S/C22H21BrF3N5O3S/c1-12-9-16(22(24,25)26)29-31(12)10-18(32)30-7-5-13(6-8-30)21-28-17(11-35-21)27-20(34)14-3-2-4-15(23)19(14)33/h2-4,9,11,13,33H,5-8,10H2,1H3,(H,27,34). The van der Waals surface area contributed by atoms with Crippen molar-refractivity contribution in [3.8, 4) is 5.75 Å². The number of aryl methyl sites for hydroxylation is 1. The van der Waals surface area contributed by atoms with Gasteiger partial charge < -0.3 is 15.3 Å². The van der Waals surface area contributed by atoms with Gasteiger partial charge in [0, 0.05) is 30.1 Å². The number of rotatable bonds is 5. The van der Waals surface area contributed by atoms with Crippen molar-refractivity contribution in [1.29, 1.82) is 0 Å². The van der Waals surface area contributed by atoms with E-state index in [0.717, 1.165) is 15.8 Å². The Morgan fingerprint density at radius 2 is 2.00 bits per heavy atom. The van der Waals surface area contributed by atoms with E-state index in [9.17, 15) is 27.9 Å². The van der Waals surface area contributed by atoms with Crippen molar-refractivity contribution < 1.29 is 27.9 Å². The van der Waals surface area contributed by atoms with Crippen molar-refractivity contribution in [2.24, 2.45) is 0 Å². The van der Waals surface area contributed by atoms with Crippen LogP contribution >= 0.6 is 27.3 Å². The number of phenolic OH excluding ortho intramolecular Hbond substituents is 1. The molecule has 3 aromatic rings. The molecule has 3 heterocycles. The van der Waals surface area contributed by atoms with Crippen LogP contribution in [0.1, 0.15) is 45.5 Å². The van der Waals surface area contributed by atoms with Gasteiger partial charge in [0.15, 0.2) is 5.69 Å². The summed E-state index contributed by atoms with van der Waals surface area (Å²) in [4.78, 5) is 31.2. The number of aromatic hydroxyl groups is 1. The molecule has 186 valence electrons. The maximum atomic E-state index is 12.9. The zero-order valence-electron chi connectivity index (χ0n) is 18.5. The SMILES string of the molecule is Cc1cc(C(F)(F)F)nn1CC(=O)N1CCC(c2nc(NC(=O)c3cccc(Br)c3O)cs2)CC1. The zero-order chi connectivity index (χ0) is 25.3. The molecule has 0 bridgehead atoms. The summed E-state index contributed by atoms with van der Waals surface area (Å²) in [5.41, 5.74) is -0.618. The molecule has 1 aromatic carbocycles. The molecule has 2 N–H and O–H groups in total. The van der Waals surface area contributed by atoms with Crippen LogP contribution in [0.4, 0.5) is 19.0 Å². The molecule has 0 unspecified atom stereocenters. The van der Waals surface area contributed by atoms with Crippen LogP contribution in [0.3, 0.4) is 0 Å². The second-order valence-electron chi connectivity index (χ2n) is 8.14. The normalized spacial score (nSPS) is 14.8. The van der Waals surface area contributed by atoms with Crippen LogP contribution in [0.2, 0.25) is 0 Å². The Morgan fingerprint density at radius 3 is 2.66 bits per heavy atom. The summed E-state index contributed by atoms with van der Waals surface area (Å²) in [5.74, 6) is -0.454. The summed E-state index contributed by atoms with van der Waals surface area (Å²) in [5, 5.41) is 18.8. The highest BCUT2D eigenvalue weighted by Gasteiger charge is 2.35. The Balaban J connectivity index is 1.32. The third-order valence-electron chi connectivity index (χ3n) is 5.75. The van der Waals surface area contributed by atoms with E-state index in [4.69, 9.17) is 0 Å². The van der Waals surface area contributed by atoms with Crippen molar-refractivity contribution in [3.63, 3.8) is 0 Å². The molecule has 2 aromatic heterocycles. The number of aromatic nitrogens is 3. The van der Waals surface area contributed by atoms with Crippen LogP contribution in [0.5, 0.6) is 5.75 Å². The number of carbonyl (C=O) groups is 2. The van der Waals surface area contributed by atoms with Gasteiger partial charge in [-0.3, -0.25) is 14.3 Å². The number of hydrogen-bond donors (Lipinski definition) is 2. The Labute approximate surface area is 210 Å². The third-order valence-corrected chi connectivity index (χ3v) is 7.40. The summed E-state index contributed by atoms with van der Waals surface area (Å²) >= 11 is 4.58. The van der Waals surface area contributed by atoms with Crippen molar-refractivity contribution in [2.45, 2.75) is 38.4 Å². The highest BCUT2D eigenvalue weighted by atomic mass is 79.9. The second-order valence-corrected chi connectivity index (χ2v) is 9.89. The van der Waals surface area contributed by atoms with Gasteiger partial charge in [0.1, 0.15) is 18.1 Å². The number of phenols is 1. The first-order valence-corrected chi connectivity index (χ1v) is 12.3. The average molecular weight is 572 g/mol. The molecule has 1 saturated heterocycles. The number of amides is 2. The molecule has 0 saturated carbocycles. The average Bonchev–Trinajstić information content (AvgIpc) is 3.42. The number of benzene rings is 1. The highest BCUT2D eigenvalue weighted by molar-refractivity contribution is 9.10. The van der Waals surface area contributed by atoms with Gasteiger partial charge in [-0.2, -0.15) is 18.3 Å². The summed E-state index contributed by atoms with van der Waals surface area (Å²) in [7, 11) is 0. The smallest absolute Gasteiger partial charge is 0.435 e. The van der Waals surface area contributed by atoms with E-state index in [1.807, 2.05) is 0 Å². The number of halogens is 4. The molecule has 8 nitrogen and oxygen atoms in total. The van der Waals surface area contributed by atoms with Crippen LogP contribution in [-0.4, -0.2) is 49.7 Å². The lowest BCUT2D eigenvalue weighted by Gasteiger charge is -2.31. The monoisotopic (exact) mass is 571 g/mol. The number of thiazole rings is 1. The summed E-state index contributed by atoms with van der Waals surface area (Å²) < 4.78 is 40.1. The number of nitrogens with one attached hydrogen (secondary N) is 1. The minimum atomic E-state index is -4.55. The van der Waals surface area contributed by atoms with Gasteiger partial charge in [0.2, 0.25) is 5.91 Å². The van der Waals surface area contributed by atoms with E-state index in [0.29, 0.717) is 36.2 Å². The topological polar surface area (TPSA) is 100 Å². The molecule has 1 fully saturated rings. The van der Waals surface area contributed by atoms with Crippen molar-refractivity contribution in [2.75, 3.05) is 18.4 Å². The Bertz CT molecular complexity index is 1250. The van der Waals surface area contributed by atoms with Crippen LogP contribution in [-0.2, 0) is 17.5 Å². The molecule has 0 aliphatic carbocycles. The number of likely N-dealkylation sites (tertiary alicyclic amines) is 1. The second kappa shape index (κ2) is 9.97. The minimum absolute atomic E-state index is 0.0947. The van der Waals surface area contributed by atoms with Gasteiger partial charge in [-0.05, 0) is 53.9 Å². The first-order chi connectivity index (χ1) is 16.5. The predicted molar refractivity (Wildman–Crippen MR) is 126 cm³/mol. The Kier molecular flexibility index (Phi) is 7.17. The zero-order valence-corrected chi connectivity index (χ0v) is 20.9. The Hall–Kier alpha value is -2.93. The van der Waals surface area contributed by atoms with E-state index in [2.05, 4.69) is 31.3 Å². The molecule has 1 aliphatic rings. The fraction of sp³-hybridized carbons (Fsp3) is 0.364. The van der Waals surface area contributed by atoms with Crippen molar-refractivity contribution >= 4 is 44.9 Å². The Morgan fingerprint density at radius 1 is 1.29 bits per heavy atom. The third kappa shape index (κ3) is 5.67. The molecular weight excluding hydrogens is 551 g/mol. The molecule has 0 radical (unpaired) electrons. The van der Waals surface area contributed by atoms with Crippen LogP contribution in [0.25, 0.3) is 0 Å². The maximum absolute atomic E-state index is 12.9. The van der Waals surface area contributed by atoms with E-state index >= 15 is 0 Å². The summed E-state index contributed by atoms with van der Waals surface area (Å²) in [6.45, 7) is 2.13. The first kappa shape index (κ1) is 25.2. The molecular formula is C22H21BrF3N5O3S. The molecule has 35 heavy (non-hydrogen) atoms. The van der Waals surface area contributed by atoms with E-state index in [1.54, 1.807) is 22.4 Å². The number of hydrogen-bond acceptors (Lipinski definition) is 6. The van der Waals surface area contributed by atoms with E-state index in [-0.39, 0.29) is 35.4 Å². The fourth-order valence-electron chi connectivity index (χ4n) is 3.83. The van der Waals surface area contributed by atoms with Gasteiger partial charge in [0.05, 0.1) is 15.0 Å². The molecule has 1 aliphatic heterocycles. The molecule has 2 amide bonds. The van der Waals surface area contributed by atoms with Gasteiger partial charge in [0.25, 0.3) is 5.91 Å². The van der Waals surface area contributed by atoms with Crippen molar-refractivity contribution in [3.05, 3.63) is 56.1 Å². The van der Waals surface area contributed by atoms with E-state index in [1.165, 1.54) is 24.3 Å². The largest absolute Gasteiger partial charge is 0.506 e. The minimum Gasteiger partial charge on any atom is -0.506 e. The number of nitrogens with zero attached hydrogens (tertiary/aromatic N) is 4. The fourth-order valence-corrected chi connectivity index (χ4v) is 5.12. The van der Waals surface area contributed by atoms with Crippen LogP contribution in [0, 0.1) is 6.92 Å². The summed E-state index contributed by atoms with van der Waals surface area (Å²) in [6.07, 6.45) is -3.27. The first-order valence-electron chi connectivity index (χ1n) is 10.7.